The van der Waals surface area contributed by atoms with Crippen LogP contribution in [0, 0.1) is 23.9 Å². The van der Waals surface area contributed by atoms with Crippen molar-refractivity contribution >= 4 is 38.1 Å². The summed E-state index contributed by atoms with van der Waals surface area (Å²) in [6.07, 6.45) is 8.67. The van der Waals surface area contributed by atoms with Gasteiger partial charge in [0.25, 0.3) is 0 Å². The summed E-state index contributed by atoms with van der Waals surface area (Å²) in [4.78, 5) is 16.7. The van der Waals surface area contributed by atoms with E-state index in [9.17, 15) is 9.90 Å². The van der Waals surface area contributed by atoms with E-state index < -0.39 is 0 Å². The molecule has 5 aromatic rings. The fourth-order valence-corrected chi connectivity index (χ4v) is 6.59. The van der Waals surface area contributed by atoms with Crippen LogP contribution in [-0.4, -0.2) is 15.9 Å². The topological polar surface area (TPSA) is 54.1 Å². The van der Waals surface area contributed by atoms with Gasteiger partial charge in [-0.25, -0.2) is 0 Å². The molecule has 0 fully saturated rings. The van der Waals surface area contributed by atoms with E-state index >= 15 is 0 Å². The number of nitrogens with zero attached hydrogens (tertiary/aromatic N) is 2. The third kappa shape index (κ3) is 8.27. The zero-order valence-electron chi connectivity index (χ0n) is 30.0. The van der Waals surface area contributed by atoms with Gasteiger partial charge < -0.3 is 9.67 Å². The molecule has 6 heteroatoms. The van der Waals surface area contributed by atoms with E-state index in [1.165, 1.54) is 32.9 Å². The van der Waals surface area contributed by atoms with Gasteiger partial charge in [0.15, 0.2) is 5.78 Å². The van der Waals surface area contributed by atoms with Crippen LogP contribution >= 0.6 is 11.3 Å². The van der Waals surface area contributed by atoms with Crippen molar-refractivity contribution in [1.29, 1.82) is 0 Å². The molecule has 0 aliphatic carbocycles. The number of aliphatic hydroxyl groups excluding tert-OH is 1. The Balaban J connectivity index is 0.000000301. The van der Waals surface area contributed by atoms with Gasteiger partial charge in [0.1, 0.15) is 11.5 Å². The van der Waals surface area contributed by atoms with E-state index in [0.29, 0.717) is 0 Å². The quantitative estimate of drug-likeness (QED) is 0.0696. The van der Waals surface area contributed by atoms with E-state index in [0.717, 1.165) is 47.8 Å². The van der Waals surface area contributed by atoms with Crippen molar-refractivity contribution in [2.75, 3.05) is 0 Å². The summed E-state index contributed by atoms with van der Waals surface area (Å²) >= 11 is 1.73. The average Bonchev–Trinajstić information content (AvgIpc) is 3.56. The largest absolute Gasteiger partial charge is 0.512 e. The van der Waals surface area contributed by atoms with Crippen molar-refractivity contribution in [2.45, 2.75) is 93.4 Å². The smallest absolute Gasteiger partial charge is 0.164 e. The molecule has 5 rings (SSSR count). The molecular weight excluding hydrogens is 789 g/mol. The molecule has 257 valence electrons. The van der Waals surface area contributed by atoms with Crippen molar-refractivity contribution < 1.29 is 34.6 Å². The predicted molar refractivity (Wildman–Crippen MR) is 200 cm³/mol. The minimum atomic E-state index is -0.337. The number of aliphatic hydroxyl groups is 1. The van der Waals surface area contributed by atoms with E-state index in [-0.39, 0.29) is 47.9 Å². The van der Waals surface area contributed by atoms with E-state index in [2.05, 4.69) is 98.8 Å². The number of benzene rings is 2. The van der Waals surface area contributed by atoms with Gasteiger partial charge in [-0.15, -0.1) is 40.5 Å². The van der Waals surface area contributed by atoms with Crippen molar-refractivity contribution in [3.05, 3.63) is 103 Å². The molecule has 1 N–H and O–H groups in total. The summed E-state index contributed by atoms with van der Waals surface area (Å²) in [5.74, 6) is 0.286. The Morgan fingerprint density at radius 3 is 2.21 bits per heavy atom. The standard InChI is InChI=1S/C27H23N2S.C15H28O2.Ir/c1-27(2,3)23-16-20(15-18-7-5-6-8-21(18)23)25-17-19(10-13-29(25)4)22-9-12-28-24-11-14-30-26(22)24;1-7-14(5,8-2)12(16)11-13(17)15(6,9-3)10-4;/h5-14,16-17H,4H2,1-3H3;11,16H,7-10H2,1-6H3;/q-1;;/b;12-11-;. The summed E-state index contributed by atoms with van der Waals surface area (Å²) in [5.41, 5.74) is 6.26. The van der Waals surface area contributed by atoms with Crippen LogP contribution < -0.4 is 4.57 Å². The summed E-state index contributed by atoms with van der Waals surface area (Å²) in [5, 5.41) is 14.6. The minimum absolute atomic E-state index is 0. The number of fused-ring (bicyclic) bond motifs is 2. The SMILES string of the molecule is CCC(C)(CC)C(=O)/C=C(\O)C(C)(CC)CC.[CH2-][n+]1ccc(-c2ccnc3ccsc23)cc1-c1[c-]c2ccccc2c(C(C)(C)C)c1.[Ir]. The van der Waals surface area contributed by atoms with E-state index in [1.54, 1.807) is 11.3 Å². The average molecular weight is 840 g/mol. The first-order chi connectivity index (χ1) is 22.2. The fourth-order valence-electron chi connectivity index (χ4n) is 5.70. The summed E-state index contributed by atoms with van der Waals surface area (Å²) in [6.45, 7) is 18.9. The zero-order chi connectivity index (χ0) is 34.6. The van der Waals surface area contributed by atoms with Crippen molar-refractivity contribution in [1.82, 2.24) is 4.98 Å². The maximum atomic E-state index is 12.2. The molecule has 0 bridgehead atoms. The molecule has 0 amide bonds. The Labute approximate surface area is 305 Å². The third-order valence-corrected chi connectivity index (χ3v) is 11.1. The Morgan fingerprint density at radius 2 is 1.58 bits per heavy atom. The monoisotopic (exact) mass is 840 g/mol. The first-order valence-electron chi connectivity index (χ1n) is 16.8. The molecule has 0 unspecified atom stereocenters. The van der Waals surface area contributed by atoms with Gasteiger partial charge in [-0.3, -0.25) is 9.78 Å². The van der Waals surface area contributed by atoms with Crippen molar-refractivity contribution in [3.8, 4) is 22.4 Å². The van der Waals surface area contributed by atoms with Crippen LogP contribution in [-0.2, 0) is 30.3 Å². The number of pyridine rings is 2. The second-order valence-electron chi connectivity index (χ2n) is 14.1. The van der Waals surface area contributed by atoms with Gasteiger partial charge >= 0.3 is 0 Å². The molecule has 3 aromatic heterocycles. The molecule has 2 aromatic carbocycles. The van der Waals surface area contributed by atoms with Gasteiger partial charge in [0.05, 0.1) is 16.4 Å². The molecule has 4 nitrogen and oxygen atoms in total. The van der Waals surface area contributed by atoms with Gasteiger partial charge in [-0.1, -0.05) is 91.5 Å². The molecule has 0 aliphatic heterocycles. The number of allylic oxidation sites excluding steroid dienone is 2. The van der Waals surface area contributed by atoms with Crippen LogP contribution in [0.4, 0.5) is 0 Å². The van der Waals surface area contributed by atoms with Gasteiger partial charge in [0, 0.05) is 55.8 Å². The predicted octanol–water partition coefficient (Wildman–Crippen LogP) is 11.5. The summed E-state index contributed by atoms with van der Waals surface area (Å²) in [6, 6.07) is 22.9. The number of carbonyl (C=O) groups is 1. The second-order valence-corrected chi connectivity index (χ2v) is 15.0. The normalized spacial score (nSPS) is 12.4. The van der Waals surface area contributed by atoms with Crippen molar-refractivity contribution in [2.24, 2.45) is 10.8 Å². The van der Waals surface area contributed by atoms with Gasteiger partial charge in [-0.2, -0.15) is 0 Å². The molecule has 0 spiro atoms. The number of hydrogen-bond acceptors (Lipinski definition) is 4. The Hall–Kier alpha value is -3.31. The maximum absolute atomic E-state index is 12.2. The maximum Gasteiger partial charge on any atom is 0.164 e. The minimum Gasteiger partial charge on any atom is -0.512 e. The van der Waals surface area contributed by atoms with Gasteiger partial charge in [-0.05, 0) is 66.3 Å². The molecule has 0 saturated heterocycles. The molecule has 3 heterocycles. The van der Waals surface area contributed by atoms with Crippen molar-refractivity contribution in [3.63, 3.8) is 0 Å². The third-order valence-electron chi connectivity index (χ3n) is 10.2. The Morgan fingerprint density at radius 1 is 0.938 bits per heavy atom. The summed E-state index contributed by atoms with van der Waals surface area (Å²) < 4.78 is 3.15. The molecular formula is C42H51IrN2O2S-. The number of ketones is 1. The van der Waals surface area contributed by atoms with Crippen LogP contribution in [0.1, 0.15) is 93.6 Å². The number of rotatable bonds is 9. The number of thiophene rings is 1. The molecule has 1 radical (unpaired) electrons. The second kappa shape index (κ2) is 15.9. The number of carbonyl (C=O) groups excluding carboxylic acids is 1. The molecule has 0 saturated carbocycles. The summed E-state index contributed by atoms with van der Waals surface area (Å²) in [7, 11) is 4.24. The number of hydrogen-bond donors (Lipinski definition) is 1. The Bertz CT molecular complexity index is 1890. The molecule has 0 atom stereocenters. The van der Waals surface area contributed by atoms with Crippen LogP contribution in [0.2, 0.25) is 0 Å². The zero-order valence-corrected chi connectivity index (χ0v) is 33.2. The van der Waals surface area contributed by atoms with Crippen LogP contribution in [0.15, 0.2) is 84.2 Å². The van der Waals surface area contributed by atoms with Crippen LogP contribution in [0.3, 0.4) is 0 Å². The van der Waals surface area contributed by atoms with Crippen LogP contribution in [0.25, 0.3) is 43.4 Å². The van der Waals surface area contributed by atoms with E-state index in [4.69, 9.17) is 0 Å². The molecule has 0 aliphatic rings. The fraction of sp³-hybridized carbons (Fsp3) is 0.381. The Kier molecular flexibility index (Phi) is 13.0. The van der Waals surface area contributed by atoms with E-state index in [1.807, 2.05) is 58.5 Å². The molecule has 48 heavy (non-hydrogen) atoms. The van der Waals surface area contributed by atoms with Gasteiger partial charge in [0.2, 0.25) is 0 Å². The van der Waals surface area contributed by atoms with Crippen LogP contribution in [0.5, 0.6) is 0 Å². The first kappa shape index (κ1) is 39.1. The number of aromatic nitrogens is 2. The first-order valence-corrected chi connectivity index (χ1v) is 17.7.